The summed E-state index contributed by atoms with van der Waals surface area (Å²) in [4.78, 5) is 4.53. The molecule has 4 heteroatoms. The summed E-state index contributed by atoms with van der Waals surface area (Å²) in [7, 11) is 1.93. The number of para-hydroxylation sites is 1. The zero-order valence-electron chi connectivity index (χ0n) is 11.8. The first-order valence-corrected chi connectivity index (χ1v) is 7.17. The monoisotopic (exact) mass is 290 g/mol. The van der Waals surface area contributed by atoms with E-state index in [-0.39, 0.29) is 0 Å². The van der Waals surface area contributed by atoms with Gasteiger partial charge in [-0.15, -0.1) is 0 Å². The van der Waals surface area contributed by atoms with Gasteiger partial charge >= 0.3 is 0 Å². The van der Waals surface area contributed by atoms with Crippen molar-refractivity contribution in [2.45, 2.75) is 26.3 Å². The van der Waals surface area contributed by atoms with Crippen LogP contribution in [0.2, 0.25) is 5.02 Å². The number of ether oxygens (including phenoxy) is 1. The highest BCUT2D eigenvalue weighted by atomic mass is 35.5. The van der Waals surface area contributed by atoms with Gasteiger partial charge in [0.15, 0.2) is 0 Å². The highest BCUT2D eigenvalue weighted by Crippen LogP contribution is 2.28. The van der Waals surface area contributed by atoms with Gasteiger partial charge in [-0.25, -0.2) is 4.98 Å². The number of hydrogen-bond donors (Lipinski definition) is 1. The minimum absolute atomic E-state index is 0.588. The largest absolute Gasteiger partial charge is 0.437 e. The van der Waals surface area contributed by atoms with Crippen LogP contribution in [0.3, 0.4) is 0 Å². The van der Waals surface area contributed by atoms with Crippen molar-refractivity contribution in [3.8, 4) is 11.6 Å². The molecule has 1 heterocycles. The van der Waals surface area contributed by atoms with Crippen LogP contribution in [0.15, 0.2) is 36.4 Å². The summed E-state index contributed by atoms with van der Waals surface area (Å²) < 4.78 is 5.81. The molecule has 1 N–H and O–H groups in total. The molecule has 20 heavy (non-hydrogen) atoms. The normalized spacial score (nSPS) is 10.6. The average Bonchev–Trinajstić information content (AvgIpc) is 2.42. The zero-order chi connectivity index (χ0) is 14.4. The lowest BCUT2D eigenvalue weighted by molar-refractivity contribution is 0.459. The third-order valence-corrected chi connectivity index (χ3v) is 3.17. The lowest BCUT2D eigenvalue weighted by atomic mass is 10.1. The van der Waals surface area contributed by atoms with Crippen molar-refractivity contribution in [3.05, 3.63) is 52.7 Å². The molecule has 0 atom stereocenters. The number of benzene rings is 1. The Bertz CT molecular complexity index is 548. The lowest BCUT2D eigenvalue weighted by Gasteiger charge is -2.10. The maximum atomic E-state index is 6.11. The van der Waals surface area contributed by atoms with E-state index in [0.29, 0.717) is 16.7 Å². The number of aromatic nitrogens is 1. The molecule has 2 aromatic rings. The van der Waals surface area contributed by atoms with Crippen molar-refractivity contribution >= 4 is 11.6 Å². The summed E-state index contributed by atoms with van der Waals surface area (Å²) in [5, 5.41) is 3.73. The Hall–Kier alpha value is -1.58. The first kappa shape index (κ1) is 14.8. The van der Waals surface area contributed by atoms with E-state index in [1.807, 2.05) is 31.3 Å². The number of halogens is 1. The first-order chi connectivity index (χ1) is 9.72. The molecule has 0 amide bonds. The SMILES string of the molecule is CCCc1cc(CNC)cc(Oc2ccccc2Cl)n1. The molecule has 106 valence electrons. The third-order valence-electron chi connectivity index (χ3n) is 2.85. The van der Waals surface area contributed by atoms with E-state index in [9.17, 15) is 0 Å². The van der Waals surface area contributed by atoms with Gasteiger partial charge in [0.05, 0.1) is 5.02 Å². The summed E-state index contributed by atoms with van der Waals surface area (Å²) in [6, 6.07) is 11.5. The molecule has 0 aliphatic rings. The fraction of sp³-hybridized carbons (Fsp3) is 0.312. The Labute approximate surface area is 124 Å². The fourth-order valence-electron chi connectivity index (χ4n) is 2.00. The highest BCUT2D eigenvalue weighted by molar-refractivity contribution is 6.32. The second-order valence-electron chi connectivity index (χ2n) is 4.62. The maximum Gasteiger partial charge on any atom is 0.219 e. The molecule has 0 unspecified atom stereocenters. The van der Waals surface area contributed by atoms with E-state index in [1.54, 1.807) is 6.07 Å². The fourth-order valence-corrected chi connectivity index (χ4v) is 2.18. The van der Waals surface area contributed by atoms with Gasteiger partial charge in [-0.3, -0.25) is 0 Å². The smallest absolute Gasteiger partial charge is 0.219 e. The quantitative estimate of drug-likeness (QED) is 0.866. The summed E-state index contributed by atoms with van der Waals surface area (Å²) in [5.74, 6) is 1.22. The Morgan fingerprint density at radius 2 is 2.05 bits per heavy atom. The zero-order valence-corrected chi connectivity index (χ0v) is 12.6. The van der Waals surface area contributed by atoms with E-state index in [0.717, 1.165) is 30.6 Å². The second-order valence-corrected chi connectivity index (χ2v) is 5.02. The van der Waals surface area contributed by atoms with E-state index >= 15 is 0 Å². The number of hydrogen-bond acceptors (Lipinski definition) is 3. The van der Waals surface area contributed by atoms with Crippen molar-refractivity contribution in [1.82, 2.24) is 10.3 Å². The second kappa shape index (κ2) is 7.27. The highest BCUT2D eigenvalue weighted by Gasteiger charge is 2.07. The van der Waals surface area contributed by atoms with Gasteiger partial charge in [-0.2, -0.15) is 0 Å². The molecule has 2 rings (SSSR count). The molecular formula is C16H19ClN2O. The summed E-state index contributed by atoms with van der Waals surface area (Å²) in [5.41, 5.74) is 2.20. The number of pyridine rings is 1. The molecule has 1 aromatic heterocycles. The van der Waals surface area contributed by atoms with Crippen LogP contribution in [0.5, 0.6) is 11.6 Å². The van der Waals surface area contributed by atoms with Crippen molar-refractivity contribution in [3.63, 3.8) is 0 Å². The molecule has 0 saturated heterocycles. The Kier molecular flexibility index (Phi) is 5.39. The molecule has 1 aromatic carbocycles. The molecular weight excluding hydrogens is 272 g/mol. The molecule has 0 aliphatic carbocycles. The predicted molar refractivity (Wildman–Crippen MR) is 82.5 cm³/mol. The van der Waals surface area contributed by atoms with Gasteiger partial charge in [0, 0.05) is 18.3 Å². The molecule has 0 bridgehead atoms. The predicted octanol–water partition coefficient (Wildman–Crippen LogP) is 4.20. The van der Waals surface area contributed by atoms with Crippen molar-refractivity contribution in [2.24, 2.45) is 0 Å². The van der Waals surface area contributed by atoms with Gasteiger partial charge < -0.3 is 10.1 Å². The Morgan fingerprint density at radius 1 is 1.25 bits per heavy atom. The van der Waals surface area contributed by atoms with Gasteiger partial charge in [0.25, 0.3) is 0 Å². The molecule has 0 fully saturated rings. The van der Waals surface area contributed by atoms with Crippen LogP contribution in [-0.2, 0) is 13.0 Å². The van der Waals surface area contributed by atoms with Crippen LogP contribution in [0.4, 0.5) is 0 Å². The number of rotatable bonds is 6. The van der Waals surface area contributed by atoms with Crippen molar-refractivity contribution < 1.29 is 4.74 Å². The van der Waals surface area contributed by atoms with E-state index in [2.05, 4.69) is 23.3 Å². The summed E-state index contributed by atoms with van der Waals surface area (Å²) in [6.07, 6.45) is 2.00. The third kappa shape index (κ3) is 3.95. The van der Waals surface area contributed by atoms with Crippen LogP contribution in [0.1, 0.15) is 24.6 Å². The van der Waals surface area contributed by atoms with E-state index < -0.39 is 0 Å². The van der Waals surface area contributed by atoms with E-state index in [1.165, 1.54) is 0 Å². The molecule has 0 saturated carbocycles. The van der Waals surface area contributed by atoms with Crippen LogP contribution in [0.25, 0.3) is 0 Å². The Morgan fingerprint density at radius 3 is 2.75 bits per heavy atom. The molecule has 0 spiro atoms. The molecule has 3 nitrogen and oxygen atoms in total. The number of nitrogens with zero attached hydrogens (tertiary/aromatic N) is 1. The lowest BCUT2D eigenvalue weighted by Crippen LogP contribution is -2.06. The number of nitrogens with one attached hydrogen (secondary N) is 1. The summed E-state index contributed by atoms with van der Waals surface area (Å²) in [6.45, 7) is 2.93. The van der Waals surface area contributed by atoms with Crippen molar-refractivity contribution in [1.29, 1.82) is 0 Å². The minimum Gasteiger partial charge on any atom is -0.437 e. The van der Waals surface area contributed by atoms with Gasteiger partial charge in [0.2, 0.25) is 5.88 Å². The van der Waals surface area contributed by atoms with Crippen LogP contribution >= 0.6 is 11.6 Å². The standard InChI is InChI=1S/C16H19ClN2O/c1-3-6-13-9-12(11-18-2)10-16(19-13)20-15-8-5-4-7-14(15)17/h4-5,7-10,18H,3,6,11H2,1-2H3. The van der Waals surface area contributed by atoms with Crippen molar-refractivity contribution in [2.75, 3.05) is 7.05 Å². The van der Waals surface area contributed by atoms with Gasteiger partial charge in [-0.05, 0) is 37.2 Å². The maximum absolute atomic E-state index is 6.11. The first-order valence-electron chi connectivity index (χ1n) is 6.79. The van der Waals surface area contributed by atoms with Gasteiger partial charge in [0.1, 0.15) is 5.75 Å². The minimum atomic E-state index is 0.588. The van der Waals surface area contributed by atoms with Crippen LogP contribution < -0.4 is 10.1 Å². The average molecular weight is 291 g/mol. The molecule has 0 aliphatic heterocycles. The van der Waals surface area contributed by atoms with Gasteiger partial charge in [-0.1, -0.05) is 37.1 Å². The van der Waals surface area contributed by atoms with Crippen LogP contribution in [-0.4, -0.2) is 12.0 Å². The topological polar surface area (TPSA) is 34.1 Å². The van der Waals surface area contributed by atoms with Crippen LogP contribution in [0, 0.1) is 0 Å². The number of aryl methyl sites for hydroxylation is 1. The molecule has 0 radical (unpaired) electrons. The van der Waals surface area contributed by atoms with E-state index in [4.69, 9.17) is 16.3 Å². The summed E-state index contributed by atoms with van der Waals surface area (Å²) >= 11 is 6.11. The Balaban J connectivity index is 2.28.